The van der Waals surface area contributed by atoms with Crippen LogP contribution in [0.1, 0.15) is 16.1 Å². The van der Waals surface area contributed by atoms with E-state index in [-0.39, 0.29) is 29.5 Å². The molecule has 160 valence electrons. The standard InChI is InChI=1S/C19H23N5O6/c1-14-12-17(21-30-14)20-18(25)13-23(7-6-22-8-10-29-11-9-22)19(26)15-2-4-16(5-3-15)24(27)28/h2-5,12H,6-11,13H2,1H3,(H,20,21,25). The molecule has 0 saturated carbocycles. The number of anilines is 1. The number of nitrogens with zero attached hydrogens (tertiary/aromatic N) is 4. The minimum Gasteiger partial charge on any atom is -0.379 e. The molecule has 0 spiro atoms. The molecule has 11 nitrogen and oxygen atoms in total. The topological polar surface area (TPSA) is 131 Å². The molecule has 1 aliphatic rings. The summed E-state index contributed by atoms with van der Waals surface area (Å²) < 4.78 is 10.3. The van der Waals surface area contributed by atoms with Crippen molar-refractivity contribution in [3.63, 3.8) is 0 Å². The van der Waals surface area contributed by atoms with Crippen molar-refractivity contribution in [3.05, 3.63) is 51.8 Å². The Morgan fingerprint density at radius 3 is 2.57 bits per heavy atom. The molecule has 0 unspecified atom stereocenters. The van der Waals surface area contributed by atoms with Crippen molar-refractivity contribution < 1.29 is 23.8 Å². The maximum absolute atomic E-state index is 13.0. The number of nitrogens with one attached hydrogen (secondary N) is 1. The molecule has 11 heteroatoms. The zero-order valence-corrected chi connectivity index (χ0v) is 16.6. The van der Waals surface area contributed by atoms with Gasteiger partial charge in [-0.2, -0.15) is 0 Å². The van der Waals surface area contributed by atoms with Gasteiger partial charge in [-0.3, -0.25) is 24.6 Å². The summed E-state index contributed by atoms with van der Waals surface area (Å²) in [7, 11) is 0. The molecule has 1 N–H and O–H groups in total. The number of hydrogen-bond acceptors (Lipinski definition) is 8. The van der Waals surface area contributed by atoms with Crippen LogP contribution < -0.4 is 5.32 Å². The second kappa shape index (κ2) is 9.94. The number of hydrogen-bond donors (Lipinski definition) is 1. The predicted octanol–water partition coefficient (Wildman–Crippen LogP) is 1.30. The highest BCUT2D eigenvalue weighted by molar-refractivity contribution is 5.99. The second-order valence-corrected chi connectivity index (χ2v) is 6.86. The Morgan fingerprint density at radius 2 is 1.97 bits per heavy atom. The van der Waals surface area contributed by atoms with E-state index in [2.05, 4.69) is 15.4 Å². The third-order valence-electron chi connectivity index (χ3n) is 4.63. The van der Waals surface area contributed by atoms with Gasteiger partial charge in [-0.05, 0) is 19.1 Å². The number of nitro groups is 1. The van der Waals surface area contributed by atoms with Gasteiger partial charge >= 0.3 is 0 Å². The number of amides is 2. The molecule has 1 aromatic carbocycles. The lowest BCUT2D eigenvalue weighted by atomic mass is 10.1. The van der Waals surface area contributed by atoms with E-state index >= 15 is 0 Å². The fraction of sp³-hybridized carbons (Fsp3) is 0.421. The predicted molar refractivity (Wildman–Crippen MR) is 106 cm³/mol. The van der Waals surface area contributed by atoms with E-state index < -0.39 is 10.8 Å². The number of ether oxygens (including phenoxy) is 1. The van der Waals surface area contributed by atoms with Gasteiger partial charge < -0.3 is 19.5 Å². The minimum absolute atomic E-state index is 0.106. The Kier molecular flexibility index (Phi) is 7.09. The molecule has 0 aliphatic carbocycles. The van der Waals surface area contributed by atoms with Crippen LogP contribution in [0, 0.1) is 17.0 Å². The smallest absolute Gasteiger partial charge is 0.269 e. The molecule has 1 saturated heterocycles. The average molecular weight is 417 g/mol. The molecule has 2 amide bonds. The van der Waals surface area contributed by atoms with Crippen LogP contribution in [-0.2, 0) is 9.53 Å². The van der Waals surface area contributed by atoms with Crippen LogP contribution in [0.25, 0.3) is 0 Å². The maximum Gasteiger partial charge on any atom is 0.269 e. The summed E-state index contributed by atoms with van der Waals surface area (Å²) in [5, 5.41) is 17.2. The van der Waals surface area contributed by atoms with Gasteiger partial charge in [0, 0.05) is 49.9 Å². The van der Waals surface area contributed by atoms with Crippen LogP contribution in [0.2, 0.25) is 0 Å². The monoisotopic (exact) mass is 417 g/mol. The normalized spacial score (nSPS) is 14.3. The summed E-state index contributed by atoms with van der Waals surface area (Å²) in [6, 6.07) is 6.90. The van der Waals surface area contributed by atoms with Crippen LogP contribution in [-0.4, -0.2) is 77.6 Å². The first-order valence-corrected chi connectivity index (χ1v) is 9.49. The van der Waals surface area contributed by atoms with Gasteiger partial charge in [-0.15, -0.1) is 0 Å². The van der Waals surface area contributed by atoms with Crippen molar-refractivity contribution in [2.75, 3.05) is 51.3 Å². The maximum atomic E-state index is 13.0. The lowest BCUT2D eigenvalue weighted by Gasteiger charge is -2.30. The van der Waals surface area contributed by atoms with Crippen molar-refractivity contribution in [2.45, 2.75) is 6.92 Å². The fourth-order valence-corrected chi connectivity index (χ4v) is 3.03. The van der Waals surface area contributed by atoms with E-state index in [1.165, 1.54) is 29.2 Å². The zero-order valence-electron chi connectivity index (χ0n) is 16.6. The van der Waals surface area contributed by atoms with Gasteiger partial charge in [0.05, 0.1) is 18.1 Å². The Morgan fingerprint density at radius 1 is 1.27 bits per heavy atom. The molecule has 2 aromatic rings. The summed E-state index contributed by atoms with van der Waals surface area (Å²) in [6.45, 7) is 5.18. The molecule has 3 rings (SSSR count). The lowest BCUT2D eigenvalue weighted by Crippen LogP contribution is -2.45. The van der Waals surface area contributed by atoms with E-state index in [1.807, 2.05) is 0 Å². The lowest BCUT2D eigenvalue weighted by molar-refractivity contribution is -0.384. The fourth-order valence-electron chi connectivity index (χ4n) is 3.03. The molecule has 0 atom stereocenters. The van der Waals surface area contributed by atoms with Crippen LogP contribution >= 0.6 is 0 Å². The van der Waals surface area contributed by atoms with Crippen molar-refractivity contribution in [1.29, 1.82) is 0 Å². The van der Waals surface area contributed by atoms with Gasteiger partial charge in [0.2, 0.25) is 5.91 Å². The third kappa shape index (κ3) is 5.84. The summed E-state index contributed by atoms with van der Waals surface area (Å²) in [6.07, 6.45) is 0. The number of non-ortho nitro benzene ring substituents is 1. The highest BCUT2D eigenvalue weighted by Gasteiger charge is 2.22. The minimum atomic E-state index is -0.530. The van der Waals surface area contributed by atoms with Gasteiger partial charge in [-0.1, -0.05) is 5.16 Å². The van der Waals surface area contributed by atoms with Crippen molar-refractivity contribution in [2.24, 2.45) is 0 Å². The molecule has 0 bridgehead atoms. The van der Waals surface area contributed by atoms with E-state index in [0.29, 0.717) is 32.1 Å². The Labute approximate surface area is 172 Å². The SMILES string of the molecule is Cc1cc(NC(=O)CN(CCN2CCOCC2)C(=O)c2ccc([N+](=O)[O-])cc2)no1. The number of nitro benzene ring substituents is 1. The largest absolute Gasteiger partial charge is 0.379 e. The number of aryl methyl sites for hydroxylation is 1. The van der Waals surface area contributed by atoms with Gasteiger partial charge in [-0.25, -0.2) is 0 Å². The van der Waals surface area contributed by atoms with Gasteiger partial charge in [0.1, 0.15) is 12.3 Å². The average Bonchev–Trinajstić information content (AvgIpc) is 3.15. The summed E-state index contributed by atoms with van der Waals surface area (Å²) in [5.41, 5.74) is 0.165. The van der Waals surface area contributed by atoms with Crippen LogP contribution in [0.5, 0.6) is 0 Å². The highest BCUT2D eigenvalue weighted by Crippen LogP contribution is 2.14. The van der Waals surface area contributed by atoms with Crippen molar-refractivity contribution >= 4 is 23.3 Å². The molecule has 1 fully saturated rings. The first-order chi connectivity index (χ1) is 14.4. The molecule has 30 heavy (non-hydrogen) atoms. The Balaban J connectivity index is 1.68. The zero-order chi connectivity index (χ0) is 21.5. The Bertz CT molecular complexity index is 891. The number of carbonyl (C=O) groups excluding carboxylic acids is 2. The van der Waals surface area contributed by atoms with Gasteiger partial charge in [0.15, 0.2) is 5.82 Å². The molecule has 1 aromatic heterocycles. The van der Waals surface area contributed by atoms with E-state index in [0.717, 1.165) is 13.1 Å². The summed E-state index contributed by atoms with van der Waals surface area (Å²) in [5.74, 6) is 0.0232. The van der Waals surface area contributed by atoms with Crippen LogP contribution in [0.3, 0.4) is 0 Å². The summed E-state index contributed by atoms with van der Waals surface area (Å²) >= 11 is 0. The van der Waals surface area contributed by atoms with Gasteiger partial charge in [0.25, 0.3) is 11.6 Å². The van der Waals surface area contributed by atoms with Crippen LogP contribution in [0.15, 0.2) is 34.9 Å². The van der Waals surface area contributed by atoms with Crippen molar-refractivity contribution in [1.82, 2.24) is 15.0 Å². The van der Waals surface area contributed by atoms with E-state index in [4.69, 9.17) is 9.26 Å². The number of carbonyl (C=O) groups is 2. The highest BCUT2D eigenvalue weighted by atomic mass is 16.6. The van der Waals surface area contributed by atoms with E-state index in [1.54, 1.807) is 13.0 Å². The quantitative estimate of drug-likeness (QED) is 0.502. The number of morpholine rings is 1. The molecule has 2 heterocycles. The molecule has 1 aliphatic heterocycles. The number of benzene rings is 1. The molecule has 0 radical (unpaired) electrons. The third-order valence-corrected chi connectivity index (χ3v) is 4.63. The Hall–Kier alpha value is -3.31. The number of aromatic nitrogens is 1. The molecular weight excluding hydrogens is 394 g/mol. The van der Waals surface area contributed by atoms with Crippen molar-refractivity contribution in [3.8, 4) is 0 Å². The van der Waals surface area contributed by atoms with E-state index in [9.17, 15) is 19.7 Å². The van der Waals surface area contributed by atoms with Crippen LogP contribution in [0.4, 0.5) is 11.5 Å². The molecular formula is C19H23N5O6. The number of rotatable bonds is 8. The summed E-state index contributed by atoms with van der Waals surface area (Å²) in [4.78, 5) is 39.3. The first-order valence-electron chi connectivity index (χ1n) is 9.49. The first kappa shape index (κ1) is 21.4. The second-order valence-electron chi connectivity index (χ2n) is 6.86.